The number of rotatable bonds is 9. The van der Waals surface area contributed by atoms with Crippen molar-refractivity contribution in [1.29, 1.82) is 5.26 Å². The number of nitriles is 1. The maximum Gasteiger partial charge on any atom is 0.258 e. The summed E-state index contributed by atoms with van der Waals surface area (Å²) in [4.78, 5) is 46.5. The van der Waals surface area contributed by atoms with Gasteiger partial charge in [0.2, 0.25) is 11.9 Å². The first-order valence-corrected chi connectivity index (χ1v) is 13.5. The van der Waals surface area contributed by atoms with Crippen LogP contribution in [0.25, 0.3) is 17.1 Å². The average molecular weight is 547 g/mol. The Morgan fingerprint density at radius 2 is 1.83 bits per heavy atom. The molecule has 1 saturated heterocycles. The van der Waals surface area contributed by atoms with Gasteiger partial charge in [-0.15, -0.1) is 0 Å². The van der Waals surface area contributed by atoms with E-state index in [1.807, 2.05) is 51.9 Å². The van der Waals surface area contributed by atoms with Gasteiger partial charge in [0.05, 0.1) is 17.1 Å². The molecule has 0 bridgehead atoms. The van der Waals surface area contributed by atoms with Crippen molar-refractivity contribution in [3.05, 3.63) is 95.6 Å². The van der Waals surface area contributed by atoms with Crippen molar-refractivity contribution in [3.8, 4) is 6.07 Å². The van der Waals surface area contributed by atoms with E-state index in [-0.39, 0.29) is 17.7 Å². The number of fused-ring (bicyclic) bond motifs is 1. The molecule has 1 aromatic heterocycles. The van der Waals surface area contributed by atoms with Crippen LogP contribution < -0.4 is 10.2 Å². The van der Waals surface area contributed by atoms with E-state index in [9.17, 15) is 14.4 Å². The molecule has 41 heavy (non-hydrogen) atoms. The Morgan fingerprint density at radius 1 is 1.05 bits per heavy atom. The third-order valence-electron chi connectivity index (χ3n) is 7.17. The number of imidazole rings is 1. The zero-order chi connectivity index (χ0) is 28.8. The second-order valence-electron chi connectivity index (χ2n) is 9.87. The molecule has 0 saturated carbocycles. The molecule has 206 valence electrons. The summed E-state index contributed by atoms with van der Waals surface area (Å²) in [5.41, 5.74) is 3.98. The minimum Gasteiger partial charge on any atom is -0.343 e. The summed E-state index contributed by atoms with van der Waals surface area (Å²) in [6.45, 7) is 1.96. The molecule has 3 amide bonds. The van der Waals surface area contributed by atoms with Crippen LogP contribution in [0.15, 0.2) is 78.9 Å². The maximum absolute atomic E-state index is 13.2. The highest BCUT2D eigenvalue weighted by atomic mass is 16.2. The maximum atomic E-state index is 13.2. The van der Waals surface area contributed by atoms with Crippen molar-refractivity contribution in [2.75, 3.05) is 30.4 Å². The fourth-order valence-corrected chi connectivity index (χ4v) is 4.95. The molecule has 1 fully saturated rings. The zero-order valence-electron chi connectivity index (χ0n) is 22.8. The SMILES string of the molecule is CN(C(=O)c1ccccc1)c1ccc2c(c1)nc(NC(=O)c1ccc(/C=C/C#N)cc1)n2CCCN1CCCC1=O. The third kappa shape index (κ3) is 6.17. The van der Waals surface area contributed by atoms with Gasteiger partial charge in [-0.1, -0.05) is 30.3 Å². The largest absolute Gasteiger partial charge is 0.343 e. The molecule has 2 heterocycles. The predicted octanol–water partition coefficient (Wildman–Crippen LogP) is 5.11. The summed E-state index contributed by atoms with van der Waals surface area (Å²) in [7, 11) is 1.72. The van der Waals surface area contributed by atoms with Crippen LogP contribution >= 0.6 is 0 Å². The van der Waals surface area contributed by atoms with Crippen molar-refractivity contribution in [3.63, 3.8) is 0 Å². The first kappa shape index (κ1) is 27.3. The number of amides is 3. The third-order valence-corrected chi connectivity index (χ3v) is 7.17. The molecule has 0 atom stereocenters. The first-order valence-electron chi connectivity index (χ1n) is 13.5. The fourth-order valence-electron chi connectivity index (χ4n) is 4.95. The number of nitrogens with one attached hydrogen (secondary N) is 1. The van der Waals surface area contributed by atoms with E-state index in [0.29, 0.717) is 54.2 Å². The molecule has 1 N–H and O–H groups in total. The second-order valence-corrected chi connectivity index (χ2v) is 9.87. The van der Waals surface area contributed by atoms with Gasteiger partial charge < -0.3 is 14.4 Å². The van der Waals surface area contributed by atoms with Gasteiger partial charge in [0.1, 0.15) is 0 Å². The summed E-state index contributed by atoms with van der Waals surface area (Å²) in [5, 5.41) is 11.7. The Labute approximate surface area is 238 Å². The average Bonchev–Trinajstić information content (AvgIpc) is 3.57. The van der Waals surface area contributed by atoms with Crippen LogP contribution in [0.3, 0.4) is 0 Å². The molecular formula is C32H30N6O3. The number of anilines is 2. The Kier molecular flexibility index (Phi) is 8.20. The molecule has 4 aromatic rings. The highest BCUT2D eigenvalue weighted by molar-refractivity contribution is 6.07. The standard InChI is InChI=1S/C32H30N6O3/c1-36(31(41)25-9-3-2-4-10-25)26-16-17-28-27(22-26)34-32(38(28)21-7-20-37-19-6-11-29(37)39)35-30(40)24-14-12-23(13-15-24)8-5-18-33/h2-5,8-10,12-17,22H,6-7,11,19-21H2,1H3,(H,34,35,40)/b8-5+. The summed E-state index contributed by atoms with van der Waals surface area (Å²) >= 11 is 0. The molecule has 5 rings (SSSR count). The van der Waals surface area contributed by atoms with Gasteiger partial charge in [0, 0.05) is 56.0 Å². The monoisotopic (exact) mass is 546 g/mol. The molecule has 1 aliphatic heterocycles. The van der Waals surface area contributed by atoms with Crippen LogP contribution in [0, 0.1) is 11.3 Å². The summed E-state index contributed by atoms with van der Waals surface area (Å²) in [6.07, 6.45) is 5.24. The van der Waals surface area contributed by atoms with E-state index in [2.05, 4.69) is 5.32 Å². The van der Waals surface area contributed by atoms with Crippen molar-refractivity contribution in [1.82, 2.24) is 14.5 Å². The number of carbonyl (C=O) groups is 3. The minimum atomic E-state index is -0.316. The number of carbonyl (C=O) groups excluding carboxylic acids is 3. The number of nitrogens with zero attached hydrogens (tertiary/aromatic N) is 5. The number of likely N-dealkylation sites (tertiary alicyclic amines) is 1. The minimum absolute atomic E-state index is 0.138. The lowest BCUT2D eigenvalue weighted by atomic mass is 10.1. The normalized spacial score (nSPS) is 13.1. The number of benzene rings is 3. The van der Waals surface area contributed by atoms with Crippen LogP contribution in [-0.4, -0.2) is 52.3 Å². The molecule has 0 unspecified atom stereocenters. The molecule has 9 heteroatoms. The number of aryl methyl sites for hydroxylation is 1. The van der Waals surface area contributed by atoms with E-state index in [1.165, 1.54) is 6.08 Å². The molecule has 0 spiro atoms. The van der Waals surface area contributed by atoms with Gasteiger partial charge in [-0.2, -0.15) is 5.26 Å². The highest BCUT2D eigenvalue weighted by Gasteiger charge is 2.21. The van der Waals surface area contributed by atoms with E-state index in [0.717, 1.165) is 24.0 Å². The topological polar surface area (TPSA) is 111 Å². The van der Waals surface area contributed by atoms with E-state index >= 15 is 0 Å². The predicted molar refractivity (Wildman–Crippen MR) is 158 cm³/mol. The number of hydrogen-bond acceptors (Lipinski definition) is 5. The number of allylic oxidation sites excluding steroid dienone is 1. The number of aromatic nitrogens is 2. The van der Waals surface area contributed by atoms with Crippen molar-refractivity contribution in [2.24, 2.45) is 0 Å². The molecular weight excluding hydrogens is 516 g/mol. The van der Waals surface area contributed by atoms with E-state index in [4.69, 9.17) is 10.2 Å². The first-order chi connectivity index (χ1) is 19.9. The van der Waals surface area contributed by atoms with Gasteiger partial charge >= 0.3 is 0 Å². The molecule has 0 aliphatic carbocycles. The lowest BCUT2D eigenvalue weighted by Gasteiger charge is -2.18. The van der Waals surface area contributed by atoms with Crippen LogP contribution in [-0.2, 0) is 11.3 Å². The second kappa shape index (κ2) is 12.3. The van der Waals surface area contributed by atoms with Crippen LogP contribution in [0.2, 0.25) is 0 Å². The Balaban J connectivity index is 1.41. The highest BCUT2D eigenvalue weighted by Crippen LogP contribution is 2.27. The summed E-state index contributed by atoms with van der Waals surface area (Å²) in [6, 6.07) is 23.6. The Morgan fingerprint density at radius 3 is 2.54 bits per heavy atom. The molecule has 3 aromatic carbocycles. The van der Waals surface area contributed by atoms with Gasteiger partial charge in [-0.3, -0.25) is 19.7 Å². The van der Waals surface area contributed by atoms with Crippen LogP contribution in [0.1, 0.15) is 45.5 Å². The lowest BCUT2D eigenvalue weighted by molar-refractivity contribution is -0.127. The number of hydrogen-bond donors (Lipinski definition) is 1. The molecule has 1 aliphatic rings. The molecule has 0 radical (unpaired) electrons. The lowest BCUT2D eigenvalue weighted by Crippen LogP contribution is -2.26. The van der Waals surface area contributed by atoms with Gasteiger partial charge in [-0.05, 0) is 66.9 Å². The van der Waals surface area contributed by atoms with Gasteiger partial charge in [-0.25, -0.2) is 4.98 Å². The Hall–Kier alpha value is -5.23. The zero-order valence-corrected chi connectivity index (χ0v) is 22.8. The molecule has 9 nitrogen and oxygen atoms in total. The Bertz CT molecular complexity index is 1650. The fraction of sp³-hybridized carbons (Fsp3) is 0.219. The van der Waals surface area contributed by atoms with Gasteiger partial charge in [0.25, 0.3) is 11.8 Å². The summed E-state index contributed by atoms with van der Waals surface area (Å²) < 4.78 is 1.95. The van der Waals surface area contributed by atoms with Crippen molar-refractivity contribution in [2.45, 2.75) is 25.8 Å². The smallest absolute Gasteiger partial charge is 0.258 e. The van der Waals surface area contributed by atoms with Crippen LogP contribution in [0.4, 0.5) is 11.6 Å². The van der Waals surface area contributed by atoms with Crippen LogP contribution in [0.5, 0.6) is 0 Å². The quantitative estimate of drug-likeness (QED) is 0.293. The van der Waals surface area contributed by atoms with E-state index < -0.39 is 0 Å². The van der Waals surface area contributed by atoms with Gasteiger partial charge in [0.15, 0.2) is 0 Å². The van der Waals surface area contributed by atoms with Crippen molar-refractivity contribution >= 4 is 46.5 Å². The van der Waals surface area contributed by atoms with Crippen molar-refractivity contribution < 1.29 is 14.4 Å². The summed E-state index contributed by atoms with van der Waals surface area (Å²) in [5.74, 6) is 0.114. The van der Waals surface area contributed by atoms with E-state index in [1.54, 1.807) is 54.4 Å².